The van der Waals surface area contributed by atoms with Crippen LogP contribution in [0.5, 0.6) is 5.75 Å². The molecule has 1 aliphatic rings. The molecule has 9 heteroatoms. The highest BCUT2D eigenvalue weighted by Crippen LogP contribution is 2.44. The second-order valence-electron chi connectivity index (χ2n) is 7.04. The molecule has 3 rings (SSSR count). The summed E-state index contributed by atoms with van der Waals surface area (Å²) in [7, 11) is 2.47. The van der Waals surface area contributed by atoms with Gasteiger partial charge in [0.25, 0.3) is 5.91 Å². The summed E-state index contributed by atoms with van der Waals surface area (Å²) in [5.41, 5.74) is 0.698. The van der Waals surface area contributed by atoms with E-state index in [9.17, 15) is 18.4 Å². The number of ether oxygens (including phenoxy) is 3. The molecule has 0 saturated carbocycles. The van der Waals surface area contributed by atoms with Crippen LogP contribution in [0.3, 0.4) is 0 Å². The lowest BCUT2D eigenvalue weighted by atomic mass is 9.82. The molecular weight excluding hydrogens is 398 g/mol. The molecule has 1 aromatic carbocycles. The van der Waals surface area contributed by atoms with Crippen molar-refractivity contribution in [3.05, 3.63) is 53.4 Å². The van der Waals surface area contributed by atoms with Gasteiger partial charge in [0.05, 0.1) is 20.3 Å². The third-order valence-electron chi connectivity index (χ3n) is 5.32. The number of aromatic nitrogens is 1. The molecule has 0 spiro atoms. The van der Waals surface area contributed by atoms with E-state index < -0.39 is 35.5 Å². The maximum absolute atomic E-state index is 14.3. The van der Waals surface area contributed by atoms with E-state index in [2.05, 4.69) is 15.0 Å². The number of anilines is 1. The Morgan fingerprint density at radius 1 is 1.17 bits per heavy atom. The highest BCUT2D eigenvalue weighted by molar-refractivity contribution is 5.96. The number of carbonyl (C=O) groups is 2. The summed E-state index contributed by atoms with van der Waals surface area (Å²) in [5, 5.41) is 2.69. The molecule has 4 atom stereocenters. The molecule has 0 bridgehead atoms. The Morgan fingerprint density at radius 2 is 1.90 bits per heavy atom. The zero-order valence-electron chi connectivity index (χ0n) is 16.9. The number of hydrogen-bond donors (Lipinski definition) is 1. The molecule has 0 radical (unpaired) electrons. The number of nitrogens with zero attached hydrogens (tertiary/aromatic N) is 1. The number of nitrogens with one attached hydrogen (secondary N) is 1. The topological polar surface area (TPSA) is 86.8 Å². The van der Waals surface area contributed by atoms with Gasteiger partial charge in [0, 0.05) is 23.4 Å². The zero-order valence-corrected chi connectivity index (χ0v) is 16.9. The molecule has 1 N–H and O–H groups in total. The molecule has 1 saturated heterocycles. The van der Waals surface area contributed by atoms with Crippen molar-refractivity contribution in [1.29, 1.82) is 0 Å². The van der Waals surface area contributed by atoms with Gasteiger partial charge in [0.1, 0.15) is 11.8 Å². The monoisotopic (exact) mass is 420 g/mol. The third kappa shape index (κ3) is 3.97. The lowest BCUT2D eigenvalue weighted by molar-refractivity contribution is -0.127. The van der Waals surface area contributed by atoms with Crippen molar-refractivity contribution < 1.29 is 32.6 Å². The van der Waals surface area contributed by atoms with Gasteiger partial charge in [-0.3, -0.25) is 4.79 Å². The van der Waals surface area contributed by atoms with E-state index in [0.717, 1.165) is 6.07 Å². The van der Waals surface area contributed by atoms with Crippen LogP contribution >= 0.6 is 0 Å². The predicted molar refractivity (Wildman–Crippen MR) is 103 cm³/mol. The molecule has 0 unspecified atom stereocenters. The van der Waals surface area contributed by atoms with E-state index in [4.69, 9.17) is 9.47 Å². The maximum Gasteiger partial charge on any atom is 0.356 e. The molecule has 0 aliphatic carbocycles. The fraction of sp³-hybridized carbons (Fsp3) is 0.381. The summed E-state index contributed by atoms with van der Waals surface area (Å²) in [6.45, 7) is 3.67. The van der Waals surface area contributed by atoms with Crippen LogP contribution in [0, 0.1) is 17.6 Å². The Balaban J connectivity index is 1.92. The average Bonchev–Trinajstić information content (AvgIpc) is 3.04. The van der Waals surface area contributed by atoms with Gasteiger partial charge in [0.2, 0.25) is 5.82 Å². The van der Waals surface area contributed by atoms with Crippen LogP contribution in [0.15, 0.2) is 30.5 Å². The standard InChI is InChI=1S/C21H22F2N2O5/c1-10-11(2)30-19(16(10)13-5-6-14(22)17(23)18(13)28-3)20(26)25-12-7-8-24-15(9-12)21(27)29-4/h5-11,16,19H,1-4H3,(H,24,25,26)/t10-,11+,16+,19-/m1/s1. The fourth-order valence-corrected chi connectivity index (χ4v) is 3.63. The number of halogens is 2. The molecule has 1 fully saturated rings. The lowest BCUT2D eigenvalue weighted by Crippen LogP contribution is -2.33. The van der Waals surface area contributed by atoms with E-state index in [0.29, 0.717) is 11.3 Å². The van der Waals surface area contributed by atoms with Crippen LogP contribution in [0.1, 0.15) is 35.8 Å². The van der Waals surface area contributed by atoms with E-state index in [1.54, 1.807) is 6.92 Å². The average molecular weight is 420 g/mol. The Labute approximate surface area is 172 Å². The molecule has 1 aliphatic heterocycles. The van der Waals surface area contributed by atoms with Crippen molar-refractivity contribution in [3.8, 4) is 5.75 Å². The van der Waals surface area contributed by atoms with Gasteiger partial charge in [-0.05, 0) is 31.0 Å². The van der Waals surface area contributed by atoms with Crippen LogP contribution < -0.4 is 10.1 Å². The van der Waals surface area contributed by atoms with E-state index in [-0.39, 0.29) is 23.5 Å². The largest absolute Gasteiger partial charge is 0.493 e. The number of pyridine rings is 1. The van der Waals surface area contributed by atoms with Gasteiger partial charge in [-0.15, -0.1) is 0 Å². The van der Waals surface area contributed by atoms with E-state index in [1.807, 2.05) is 6.92 Å². The maximum atomic E-state index is 14.3. The summed E-state index contributed by atoms with van der Waals surface area (Å²) in [6.07, 6.45) is 0.0634. The molecular formula is C21H22F2N2O5. The quantitative estimate of drug-likeness (QED) is 0.747. The van der Waals surface area contributed by atoms with Gasteiger partial charge < -0.3 is 19.5 Å². The van der Waals surface area contributed by atoms with Crippen molar-refractivity contribution in [2.24, 2.45) is 5.92 Å². The number of esters is 1. The summed E-state index contributed by atoms with van der Waals surface area (Å²) in [4.78, 5) is 28.6. The molecule has 30 heavy (non-hydrogen) atoms. The number of benzene rings is 1. The van der Waals surface area contributed by atoms with Gasteiger partial charge in [-0.25, -0.2) is 14.2 Å². The summed E-state index contributed by atoms with van der Waals surface area (Å²) >= 11 is 0. The van der Waals surface area contributed by atoms with Crippen molar-refractivity contribution in [1.82, 2.24) is 4.98 Å². The normalized spacial score (nSPS) is 23.1. The number of hydrogen-bond acceptors (Lipinski definition) is 6. The number of carbonyl (C=O) groups excluding carboxylic acids is 2. The SMILES string of the molecule is COC(=O)c1cc(NC(=O)[C@@H]2O[C@@H](C)[C@@H](C)[C@H]2c2ccc(F)c(F)c2OC)ccn1. The second-order valence-corrected chi connectivity index (χ2v) is 7.04. The summed E-state index contributed by atoms with van der Waals surface area (Å²) in [5.74, 6) is -4.30. The second kappa shape index (κ2) is 8.74. The predicted octanol–water partition coefficient (Wildman–Crippen LogP) is 3.30. The first kappa shape index (κ1) is 21.6. The highest BCUT2D eigenvalue weighted by atomic mass is 19.2. The molecule has 1 amide bonds. The zero-order chi connectivity index (χ0) is 22.0. The number of amides is 1. The van der Waals surface area contributed by atoms with Crippen molar-refractivity contribution >= 4 is 17.6 Å². The van der Waals surface area contributed by atoms with Gasteiger partial charge in [0.15, 0.2) is 11.6 Å². The first-order valence-corrected chi connectivity index (χ1v) is 9.31. The van der Waals surface area contributed by atoms with Crippen molar-refractivity contribution in [2.75, 3.05) is 19.5 Å². The number of methoxy groups -OCH3 is 2. The highest BCUT2D eigenvalue weighted by Gasteiger charge is 2.46. The molecule has 2 aromatic rings. The van der Waals surface area contributed by atoms with Gasteiger partial charge in [-0.2, -0.15) is 4.39 Å². The van der Waals surface area contributed by atoms with Crippen LogP contribution in [-0.2, 0) is 14.3 Å². The van der Waals surface area contributed by atoms with Gasteiger partial charge >= 0.3 is 5.97 Å². The molecule has 1 aromatic heterocycles. The molecule has 7 nitrogen and oxygen atoms in total. The Hall–Kier alpha value is -3.07. The lowest BCUT2D eigenvalue weighted by Gasteiger charge is -2.23. The molecule has 160 valence electrons. The minimum atomic E-state index is -1.11. The van der Waals surface area contributed by atoms with Crippen molar-refractivity contribution in [3.63, 3.8) is 0 Å². The number of rotatable bonds is 5. The van der Waals surface area contributed by atoms with E-state index >= 15 is 0 Å². The minimum absolute atomic E-state index is 0.0307. The van der Waals surface area contributed by atoms with Crippen LogP contribution in [0.25, 0.3) is 0 Å². The van der Waals surface area contributed by atoms with Gasteiger partial charge in [-0.1, -0.05) is 13.0 Å². The van der Waals surface area contributed by atoms with Crippen LogP contribution in [-0.4, -0.2) is 43.3 Å². The fourth-order valence-electron chi connectivity index (χ4n) is 3.63. The smallest absolute Gasteiger partial charge is 0.356 e. The first-order valence-electron chi connectivity index (χ1n) is 9.31. The summed E-state index contributed by atoms with van der Waals surface area (Å²) in [6, 6.07) is 5.29. The minimum Gasteiger partial charge on any atom is -0.493 e. The van der Waals surface area contributed by atoms with E-state index in [1.165, 1.54) is 38.6 Å². The Kier molecular flexibility index (Phi) is 6.31. The van der Waals surface area contributed by atoms with Crippen LogP contribution in [0.2, 0.25) is 0 Å². The summed E-state index contributed by atoms with van der Waals surface area (Å²) < 4.78 is 43.5. The Morgan fingerprint density at radius 3 is 2.57 bits per heavy atom. The Bertz CT molecular complexity index is 968. The van der Waals surface area contributed by atoms with Crippen LogP contribution in [0.4, 0.5) is 14.5 Å². The van der Waals surface area contributed by atoms with Crippen molar-refractivity contribution in [2.45, 2.75) is 32.0 Å². The third-order valence-corrected chi connectivity index (χ3v) is 5.32. The first-order chi connectivity index (χ1) is 14.3. The molecule has 2 heterocycles.